The average Bonchev–Trinajstić information content (AvgIpc) is 2.87. The third-order valence-corrected chi connectivity index (χ3v) is 5.98. The van der Waals surface area contributed by atoms with Gasteiger partial charge >= 0.3 is 7.82 Å². The van der Waals surface area contributed by atoms with Gasteiger partial charge in [-0.05, 0) is 33.7 Å². The van der Waals surface area contributed by atoms with E-state index in [1.54, 1.807) is 0 Å². The minimum absolute atomic E-state index is 0.468. The Morgan fingerprint density at radius 2 is 1.32 bits per heavy atom. The molecule has 4 aromatic carbocycles. The fourth-order valence-corrected chi connectivity index (χ4v) is 4.99. The highest BCUT2D eigenvalue weighted by Gasteiger charge is 2.46. The van der Waals surface area contributed by atoms with Crippen LogP contribution in [0.2, 0.25) is 0 Å². The van der Waals surface area contributed by atoms with E-state index in [1.165, 1.54) is 0 Å². The molecule has 2 aliphatic heterocycles. The maximum Gasteiger partial charge on any atom is 0.647 e. The summed E-state index contributed by atoms with van der Waals surface area (Å²) in [6.45, 7) is 0. The Kier molecular flexibility index (Phi) is 2.32. The quantitative estimate of drug-likeness (QED) is 0.370. The van der Waals surface area contributed by atoms with Crippen molar-refractivity contribution >= 4 is 29.4 Å². The van der Waals surface area contributed by atoms with Crippen LogP contribution in [0.4, 0.5) is 0 Å². The monoisotopic (exact) mass is 346 g/mol. The van der Waals surface area contributed by atoms with Crippen LogP contribution in [0, 0.1) is 0 Å². The maximum atomic E-state index is 12.9. The largest absolute Gasteiger partial charge is 0.647 e. The van der Waals surface area contributed by atoms with Crippen LogP contribution in [0.15, 0.2) is 66.7 Å². The van der Waals surface area contributed by atoms with Crippen LogP contribution in [0.5, 0.6) is 17.2 Å². The Balaban J connectivity index is 1.90. The third kappa shape index (κ3) is 1.70. The molecule has 2 heterocycles. The maximum absolute atomic E-state index is 12.9. The second-order valence-corrected chi connectivity index (χ2v) is 7.62. The summed E-state index contributed by atoms with van der Waals surface area (Å²) in [4.78, 5) is 0. The first-order valence-corrected chi connectivity index (χ1v) is 9.45. The van der Waals surface area contributed by atoms with Crippen LogP contribution in [0.25, 0.3) is 32.7 Å². The van der Waals surface area contributed by atoms with E-state index in [1.807, 2.05) is 60.7 Å². The van der Waals surface area contributed by atoms with Crippen molar-refractivity contribution < 1.29 is 18.1 Å². The van der Waals surface area contributed by atoms with Crippen LogP contribution >= 0.6 is 7.82 Å². The van der Waals surface area contributed by atoms with Gasteiger partial charge in [-0.1, -0.05) is 54.6 Å². The van der Waals surface area contributed by atoms with Crippen LogP contribution in [-0.4, -0.2) is 0 Å². The Morgan fingerprint density at radius 1 is 0.640 bits per heavy atom. The van der Waals surface area contributed by atoms with E-state index < -0.39 is 7.82 Å². The zero-order chi connectivity index (χ0) is 16.6. The molecule has 0 fully saturated rings. The lowest BCUT2D eigenvalue weighted by atomic mass is 9.92. The zero-order valence-corrected chi connectivity index (χ0v) is 13.8. The molecule has 0 spiro atoms. The molecule has 2 aliphatic rings. The molecule has 2 bridgehead atoms. The number of phosphoric acid groups is 1. The molecule has 4 nitrogen and oxygen atoms in total. The van der Waals surface area contributed by atoms with Crippen LogP contribution in [0.1, 0.15) is 0 Å². The summed E-state index contributed by atoms with van der Waals surface area (Å²) in [6, 6.07) is 21.7. The number of hydrogen-bond acceptors (Lipinski definition) is 4. The molecule has 4 aromatic rings. The van der Waals surface area contributed by atoms with Crippen molar-refractivity contribution in [3.8, 4) is 28.4 Å². The molecule has 0 aliphatic carbocycles. The normalized spacial score (nSPS) is 19.7. The van der Waals surface area contributed by atoms with Gasteiger partial charge in [0.1, 0.15) is 5.75 Å². The molecule has 6 rings (SSSR count). The molecule has 1 unspecified atom stereocenters. The Morgan fingerprint density at radius 3 is 2.16 bits per heavy atom. The Hall–Kier alpha value is -2.97. The molecule has 0 aromatic heterocycles. The predicted octanol–water partition coefficient (Wildman–Crippen LogP) is 5.93. The Bertz CT molecular complexity index is 1260. The highest BCUT2D eigenvalue weighted by Crippen LogP contribution is 2.67. The molecule has 0 radical (unpaired) electrons. The fourth-order valence-electron chi connectivity index (χ4n) is 3.70. The standard InChI is InChI=1S/C20H11O4P/c21-25-22-16-10-9-12-5-1-3-7-14(12)18(16)19-15-8-4-2-6-13(15)11-17(23-25)20(19)24-25/h1-11H. The van der Waals surface area contributed by atoms with Crippen molar-refractivity contribution in [3.05, 3.63) is 66.7 Å². The lowest BCUT2D eigenvalue weighted by molar-refractivity contribution is 0.334. The van der Waals surface area contributed by atoms with E-state index in [4.69, 9.17) is 13.6 Å². The summed E-state index contributed by atoms with van der Waals surface area (Å²) in [7, 11) is -3.70. The smallest absolute Gasteiger partial charge is 0.385 e. The van der Waals surface area contributed by atoms with Crippen molar-refractivity contribution in [1.29, 1.82) is 0 Å². The average molecular weight is 346 g/mol. The molecule has 0 saturated heterocycles. The second-order valence-electron chi connectivity index (χ2n) is 6.18. The number of hydrogen-bond donors (Lipinski definition) is 0. The third-order valence-electron chi connectivity index (χ3n) is 4.73. The van der Waals surface area contributed by atoms with E-state index in [-0.39, 0.29) is 0 Å². The molecule has 25 heavy (non-hydrogen) atoms. The molecular formula is C20H11O4P. The topological polar surface area (TPSA) is 44.8 Å². The Labute approximate surface area is 143 Å². The second kappa shape index (κ2) is 4.35. The van der Waals surface area contributed by atoms with E-state index in [2.05, 4.69) is 6.07 Å². The summed E-state index contributed by atoms with van der Waals surface area (Å²) >= 11 is 0. The van der Waals surface area contributed by atoms with Crippen LogP contribution < -0.4 is 13.6 Å². The SMILES string of the molecule is O=P12Oc3cc4ccccc4c(c3O1)-c1c(ccc3ccccc13)O2. The molecule has 120 valence electrons. The van der Waals surface area contributed by atoms with Gasteiger partial charge in [-0.2, -0.15) is 4.57 Å². The van der Waals surface area contributed by atoms with Crippen LogP contribution in [0.3, 0.4) is 0 Å². The predicted molar refractivity (Wildman–Crippen MR) is 96.4 cm³/mol. The molecule has 5 heteroatoms. The van der Waals surface area contributed by atoms with Gasteiger partial charge in [0, 0.05) is 11.1 Å². The summed E-state index contributed by atoms with van der Waals surface area (Å²) in [5, 5.41) is 4.14. The van der Waals surface area contributed by atoms with E-state index >= 15 is 0 Å². The van der Waals surface area contributed by atoms with Crippen molar-refractivity contribution in [2.75, 3.05) is 0 Å². The lowest BCUT2D eigenvalue weighted by Crippen LogP contribution is -2.00. The summed E-state index contributed by atoms with van der Waals surface area (Å²) < 4.78 is 29.9. The lowest BCUT2D eigenvalue weighted by Gasteiger charge is -2.16. The molecule has 0 saturated carbocycles. The van der Waals surface area contributed by atoms with Crippen molar-refractivity contribution in [2.45, 2.75) is 0 Å². The van der Waals surface area contributed by atoms with Gasteiger partial charge < -0.3 is 13.6 Å². The van der Waals surface area contributed by atoms with E-state index in [9.17, 15) is 4.57 Å². The van der Waals surface area contributed by atoms with Crippen molar-refractivity contribution in [3.63, 3.8) is 0 Å². The number of rotatable bonds is 0. The van der Waals surface area contributed by atoms with E-state index in [0.29, 0.717) is 17.2 Å². The minimum Gasteiger partial charge on any atom is -0.385 e. The first-order chi connectivity index (χ1) is 12.2. The van der Waals surface area contributed by atoms with Gasteiger partial charge in [0.2, 0.25) is 0 Å². The zero-order valence-electron chi connectivity index (χ0n) is 12.9. The van der Waals surface area contributed by atoms with Crippen LogP contribution in [-0.2, 0) is 4.57 Å². The van der Waals surface area contributed by atoms with Crippen molar-refractivity contribution in [2.24, 2.45) is 0 Å². The molecule has 0 N–H and O–H groups in total. The van der Waals surface area contributed by atoms with Gasteiger partial charge in [-0.15, -0.1) is 0 Å². The van der Waals surface area contributed by atoms with Gasteiger partial charge in [-0.3, -0.25) is 0 Å². The number of benzene rings is 4. The number of fused-ring (bicyclic) bond motifs is 7. The van der Waals surface area contributed by atoms with Crippen molar-refractivity contribution in [1.82, 2.24) is 0 Å². The first kappa shape index (κ1) is 13.3. The molecular weight excluding hydrogens is 335 g/mol. The number of phosphoric ester groups is 1. The summed E-state index contributed by atoms with van der Waals surface area (Å²) in [6.07, 6.45) is 0. The van der Waals surface area contributed by atoms with E-state index in [0.717, 1.165) is 32.7 Å². The van der Waals surface area contributed by atoms with Gasteiger partial charge in [0.15, 0.2) is 11.5 Å². The van der Waals surface area contributed by atoms with Gasteiger partial charge in [-0.25, -0.2) is 0 Å². The van der Waals surface area contributed by atoms with Gasteiger partial charge in [0.05, 0.1) is 0 Å². The summed E-state index contributed by atoms with van der Waals surface area (Å²) in [5.74, 6) is 1.48. The van der Waals surface area contributed by atoms with Gasteiger partial charge in [0.25, 0.3) is 0 Å². The highest BCUT2D eigenvalue weighted by atomic mass is 31.2. The summed E-state index contributed by atoms with van der Waals surface area (Å²) in [5.41, 5.74) is 1.77. The first-order valence-electron chi connectivity index (χ1n) is 7.99. The molecule has 1 atom stereocenters. The minimum atomic E-state index is -3.70. The highest BCUT2D eigenvalue weighted by molar-refractivity contribution is 7.50. The fraction of sp³-hybridized carbons (Fsp3) is 0. The molecule has 0 amide bonds.